The third-order valence-electron chi connectivity index (χ3n) is 2.80. The Hall–Kier alpha value is -0.690. The molecular formula is C12H18ClFN2O2S. The number of halogens is 2. The van der Waals surface area contributed by atoms with Gasteiger partial charge in [-0.1, -0.05) is 25.4 Å². The Kier molecular flexibility index (Phi) is 4.95. The lowest BCUT2D eigenvalue weighted by Crippen LogP contribution is -2.39. The lowest BCUT2D eigenvalue weighted by Gasteiger charge is -2.28. The fraction of sp³-hybridized carbons (Fsp3) is 0.500. The van der Waals surface area contributed by atoms with Crippen LogP contribution >= 0.6 is 11.6 Å². The summed E-state index contributed by atoms with van der Waals surface area (Å²) in [7, 11) is -2.23. The van der Waals surface area contributed by atoms with Crippen molar-refractivity contribution in [2.75, 3.05) is 20.1 Å². The highest BCUT2D eigenvalue weighted by Crippen LogP contribution is 2.24. The topological polar surface area (TPSA) is 63.4 Å². The van der Waals surface area contributed by atoms with Crippen LogP contribution in [0.2, 0.25) is 5.02 Å². The third kappa shape index (κ3) is 3.89. The van der Waals surface area contributed by atoms with Crippen LogP contribution in [0.1, 0.15) is 13.8 Å². The van der Waals surface area contributed by atoms with Crippen LogP contribution in [0.4, 0.5) is 4.39 Å². The van der Waals surface area contributed by atoms with E-state index in [-0.39, 0.29) is 21.9 Å². The number of hydrogen-bond donors (Lipinski definition) is 1. The van der Waals surface area contributed by atoms with Gasteiger partial charge in [-0.25, -0.2) is 17.1 Å². The second-order valence-corrected chi connectivity index (χ2v) is 7.66. The van der Waals surface area contributed by atoms with E-state index in [1.54, 1.807) is 0 Å². The molecule has 2 N–H and O–H groups in total. The second-order valence-electron chi connectivity index (χ2n) is 5.21. The lowest BCUT2D eigenvalue weighted by molar-refractivity contribution is 0.292. The van der Waals surface area contributed by atoms with Gasteiger partial charge in [-0.3, -0.25) is 0 Å². The number of nitrogens with zero attached hydrogens (tertiary/aromatic N) is 1. The van der Waals surface area contributed by atoms with Crippen molar-refractivity contribution in [3.8, 4) is 0 Å². The molecule has 1 aromatic rings. The Morgan fingerprint density at radius 2 is 2.00 bits per heavy atom. The first-order valence-corrected chi connectivity index (χ1v) is 7.53. The molecule has 0 saturated heterocycles. The van der Waals surface area contributed by atoms with Gasteiger partial charge in [0.15, 0.2) is 0 Å². The van der Waals surface area contributed by atoms with Crippen molar-refractivity contribution in [3.63, 3.8) is 0 Å². The molecular weight excluding hydrogens is 291 g/mol. The van der Waals surface area contributed by atoms with Crippen LogP contribution in [0.25, 0.3) is 0 Å². The zero-order valence-corrected chi connectivity index (χ0v) is 12.7. The Balaban J connectivity index is 3.06. The molecule has 0 aromatic heterocycles. The minimum absolute atomic E-state index is 0.0331. The van der Waals surface area contributed by atoms with E-state index in [1.165, 1.54) is 17.4 Å². The minimum atomic E-state index is -3.69. The molecule has 0 amide bonds. The van der Waals surface area contributed by atoms with Crippen molar-refractivity contribution in [2.24, 2.45) is 11.1 Å². The normalized spacial score (nSPS) is 13.0. The molecule has 0 spiro atoms. The van der Waals surface area contributed by atoms with E-state index in [4.69, 9.17) is 17.3 Å². The number of hydrogen-bond acceptors (Lipinski definition) is 3. The smallest absolute Gasteiger partial charge is 0.242 e. The lowest BCUT2D eigenvalue weighted by atomic mass is 9.94. The van der Waals surface area contributed by atoms with E-state index in [9.17, 15) is 12.8 Å². The van der Waals surface area contributed by atoms with Crippen LogP contribution in [0.5, 0.6) is 0 Å². The molecule has 0 aliphatic heterocycles. The van der Waals surface area contributed by atoms with Gasteiger partial charge in [0.2, 0.25) is 10.0 Å². The molecule has 0 aliphatic rings. The average molecular weight is 309 g/mol. The molecule has 1 rings (SSSR count). The van der Waals surface area contributed by atoms with E-state index < -0.39 is 15.8 Å². The van der Waals surface area contributed by atoms with Crippen LogP contribution in [0, 0.1) is 11.2 Å². The Morgan fingerprint density at radius 3 is 2.47 bits per heavy atom. The first kappa shape index (κ1) is 16.4. The van der Waals surface area contributed by atoms with E-state index in [0.717, 1.165) is 12.1 Å². The van der Waals surface area contributed by atoms with Crippen LogP contribution < -0.4 is 5.73 Å². The predicted molar refractivity (Wildman–Crippen MR) is 74.1 cm³/mol. The van der Waals surface area contributed by atoms with Gasteiger partial charge in [0.25, 0.3) is 0 Å². The number of nitrogens with two attached hydrogens (primary N) is 1. The molecule has 0 unspecified atom stereocenters. The monoisotopic (exact) mass is 308 g/mol. The van der Waals surface area contributed by atoms with E-state index in [2.05, 4.69) is 0 Å². The molecule has 1 aromatic carbocycles. The number of benzene rings is 1. The van der Waals surface area contributed by atoms with Crippen molar-refractivity contribution in [1.29, 1.82) is 0 Å². The highest BCUT2D eigenvalue weighted by Gasteiger charge is 2.27. The number of rotatable bonds is 5. The summed E-state index contributed by atoms with van der Waals surface area (Å²) in [5.41, 5.74) is 5.25. The highest BCUT2D eigenvalue weighted by molar-refractivity contribution is 7.89. The van der Waals surface area contributed by atoms with Gasteiger partial charge in [0.1, 0.15) is 5.82 Å². The molecule has 19 heavy (non-hydrogen) atoms. The zero-order chi connectivity index (χ0) is 14.8. The summed E-state index contributed by atoms with van der Waals surface area (Å²) in [6, 6.07) is 3.35. The maximum Gasteiger partial charge on any atom is 0.242 e. The number of sulfonamides is 1. The van der Waals surface area contributed by atoms with Gasteiger partial charge >= 0.3 is 0 Å². The van der Waals surface area contributed by atoms with Crippen molar-refractivity contribution >= 4 is 21.6 Å². The summed E-state index contributed by atoms with van der Waals surface area (Å²) in [6.45, 7) is 4.37. The molecule has 4 nitrogen and oxygen atoms in total. The average Bonchev–Trinajstić information content (AvgIpc) is 2.32. The van der Waals surface area contributed by atoms with Gasteiger partial charge in [-0.2, -0.15) is 0 Å². The summed E-state index contributed by atoms with van der Waals surface area (Å²) < 4.78 is 38.8. The predicted octanol–water partition coefficient (Wildman–Crippen LogP) is 2.08. The van der Waals surface area contributed by atoms with Crippen molar-refractivity contribution < 1.29 is 12.8 Å². The summed E-state index contributed by atoms with van der Waals surface area (Å²) in [5, 5.41) is -0.215. The van der Waals surface area contributed by atoms with Crippen LogP contribution in [0.15, 0.2) is 23.1 Å². The molecule has 108 valence electrons. The standard InChI is InChI=1S/C12H18ClFN2O2S/c1-12(2,7-15)8-16(3)19(17,18)9-4-5-11(14)10(13)6-9/h4-6H,7-8,15H2,1-3H3. The summed E-state index contributed by atoms with van der Waals surface area (Å²) >= 11 is 5.61. The van der Waals surface area contributed by atoms with E-state index >= 15 is 0 Å². The molecule has 7 heteroatoms. The molecule has 0 radical (unpaired) electrons. The van der Waals surface area contributed by atoms with E-state index in [0.29, 0.717) is 6.54 Å². The maximum absolute atomic E-state index is 13.1. The highest BCUT2D eigenvalue weighted by atomic mass is 35.5. The van der Waals surface area contributed by atoms with Gasteiger partial charge in [-0.15, -0.1) is 0 Å². The third-order valence-corrected chi connectivity index (χ3v) is 4.89. The second kappa shape index (κ2) is 5.75. The molecule has 0 atom stereocenters. The molecule has 0 bridgehead atoms. The Labute approximate surface area is 118 Å². The fourth-order valence-electron chi connectivity index (χ4n) is 1.57. The van der Waals surface area contributed by atoms with Gasteiger partial charge in [0, 0.05) is 13.6 Å². The summed E-state index contributed by atoms with van der Waals surface area (Å²) in [4.78, 5) is -0.0331. The van der Waals surface area contributed by atoms with Crippen LogP contribution in [-0.2, 0) is 10.0 Å². The molecule has 0 heterocycles. The SMILES string of the molecule is CN(CC(C)(C)CN)S(=O)(=O)c1ccc(F)c(Cl)c1. The Bertz CT molecular complexity index is 561. The van der Waals surface area contributed by atoms with Gasteiger partial charge in [0.05, 0.1) is 9.92 Å². The van der Waals surface area contributed by atoms with Crippen LogP contribution in [0.3, 0.4) is 0 Å². The largest absolute Gasteiger partial charge is 0.330 e. The van der Waals surface area contributed by atoms with Crippen LogP contribution in [-0.4, -0.2) is 32.9 Å². The van der Waals surface area contributed by atoms with Crippen molar-refractivity contribution in [1.82, 2.24) is 4.31 Å². The molecule has 0 aliphatic carbocycles. The van der Waals surface area contributed by atoms with Gasteiger partial charge in [-0.05, 0) is 30.2 Å². The minimum Gasteiger partial charge on any atom is -0.330 e. The Morgan fingerprint density at radius 1 is 1.42 bits per heavy atom. The molecule has 0 saturated carbocycles. The fourth-order valence-corrected chi connectivity index (χ4v) is 3.20. The first-order valence-electron chi connectivity index (χ1n) is 5.71. The maximum atomic E-state index is 13.1. The van der Waals surface area contributed by atoms with E-state index in [1.807, 2.05) is 13.8 Å². The van der Waals surface area contributed by atoms with Crippen molar-refractivity contribution in [2.45, 2.75) is 18.7 Å². The van der Waals surface area contributed by atoms with Gasteiger partial charge < -0.3 is 5.73 Å². The summed E-state index contributed by atoms with van der Waals surface area (Å²) in [6.07, 6.45) is 0. The van der Waals surface area contributed by atoms with Crippen molar-refractivity contribution in [3.05, 3.63) is 29.0 Å². The summed E-state index contributed by atoms with van der Waals surface area (Å²) in [5.74, 6) is -0.648. The first-order chi connectivity index (χ1) is 8.60. The molecule has 0 fully saturated rings. The quantitative estimate of drug-likeness (QED) is 0.906. The zero-order valence-electron chi connectivity index (χ0n) is 11.2.